The predicted octanol–water partition coefficient (Wildman–Crippen LogP) is 1.07. The molecule has 2 N–H and O–H groups in total. The van der Waals surface area contributed by atoms with Gasteiger partial charge in [-0.25, -0.2) is 0 Å². The van der Waals surface area contributed by atoms with E-state index < -0.39 is 18.1 Å². The van der Waals surface area contributed by atoms with Gasteiger partial charge in [-0.15, -0.1) is 11.3 Å². The van der Waals surface area contributed by atoms with Gasteiger partial charge in [-0.1, -0.05) is 0 Å². The van der Waals surface area contributed by atoms with Gasteiger partial charge in [0.1, 0.15) is 6.04 Å². The molecule has 0 aliphatic rings. The smallest absolute Gasteiger partial charge is 0.325 e. The number of carbonyl (C=O) groups is 1. The molecule has 0 fully saturated rings. The van der Waals surface area contributed by atoms with Gasteiger partial charge in [0.15, 0.2) is 0 Å². The molecule has 5 heteroatoms. The van der Waals surface area contributed by atoms with E-state index in [1.54, 1.807) is 18.3 Å². The molecule has 1 rings (SSSR count). The largest absolute Gasteiger partial charge is 0.468 e. The number of nitrogens with one attached hydrogen (secondary N) is 1. The van der Waals surface area contributed by atoms with Gasteiger partial charge in [-0.3, -0.25) is 10.1 Å². The van der Waals surface area contributed by atoms with Crippen LogP contribution in [0, 0.1) is 6.92 Å². The van der Waals surface area contributed by atoms with E-state index in [1.807, 2.05) is 19.1 Å². The van der Waals surface area contributed by atoms with Crippen molar-refractivity contribution in [1.29, 1.82) is 0 Å². The fraction of sp³-hybridized carbons (Fsp3) is 0.545. The minimum absolute atomic E-state index is 0.441. The molecular formula is C11H17NO3S. The van der Waals surface area contributed by atoms with Gasteiger partial charge < -0.3 is 9.84 Å². The molecule has 2 atom stereocenters. The summed E-state index contributed by atoms with van der Waals surface area (Å²) < 4.78 is 4.61. The average molecular weight is 243 g/mol. The highest BCUT2D eigenvalue weighted by Gasteiger charge is 2.23. The van der Waals surface area contributed by atoms with Crippen LogP contribution in [0.1, 0.15) is 16.7 Å². The fourth-order valence-corrected chi connectivity index (χ4v) is 2.21. The first-order valence-corrected chi connectivity index (χ1v) is 5.91. The van der Waals surface area contributed by atoms with Gasteiger partial charge in [0.2, 0.25) is 0 Å². The zero-order valence-corrected chi connectivity index (χ0v) is 10.5. The number of aliphatic hydroxyl groups is 1. The zero-order chi connectivity index (χ0) is 12.1. The highest BCUT2D eigenvalue weighted by molar-refractivity contribution is 7.11. The second-order valence-electron chi connectivity index (χ2n) is 3.63. The average Bonchev–Trinajstić information content (AvgIpc) is 2.63. The van der Waals surface area contributed by atoms with Crippen LogP contribution >= 0.6 is 11.3 Å². The maximum absolute atomic E-state index is 11.3. The van der Waals surface area contributed by atoms with Crippen molar-refractivity contribution in [3.8, 4) is 0 Å². The van der Waals surface area contributed by atoms with Crippen molar-refractivity contribution >= 4 is 17.3 Å². The molecule has 0 unspecified atom stereocenters. The molecule has 0 radical (unpaired) electrons. The number of aryl methyl sites for hydroxylation is 1. The number of methoxy groups -OCH3 is 1. The Bertz CT molecular complexity index is 349. The van der Waals surface area contributed by atoms with Gasteiger partial charge in [-0.2, -0.15) is 0 Å². The van der Waals surface area contributed by atoms with Crippen molar-refractivity contribution in [1.82, 2.24) is 5.32 Å². The van der Waals surface area contributed by atoms with E-state index in [1.165, 1.54) is 12.0 Å². The molecule has 0 aliphatic carbocycles. The number of hydrogen-bond donors (Lipinski definition) is 2. The molecule has 0 bridgehead atoms. The number of rotatable bonds is 5. The zero-order valence-electron chi connectivity index (χ0n) is 9.69. The monoisotopic (exact) mass is 243 g/mol. The Hall–Kier alpha value is -0.910. The van der Waals surface area contributed by atoms with Crippen LogP contribution < -0.4 is 5.32 Å². The quantitative estimate of drug-likeness (QED) is 0.759. The van der Waals surface area contributed by atoms with Crippen molar-refractivity contribution in [2.24, 2.45) is 0 Å². The number of esters is 1. The maximum atomic E-state index is 11.3. The molecule has 1 aromatic rings. The van der Waals surface area contributed by atoms with Crippen molar-refractivity contribution in [3.63, 3.8) is 0 Å². The lowest BCUT2D eigenvalue weighted by Crippen LogP contribution is -2.44. The summed E-state index contributed by atoms with van der Waals surface area (Å²) in [5.41, 5.74) is 0. The molecule has 90 valence electrons. The minimum Gasteiger partial charge on any atom is -0.468 e. The highest BCUT2D eigenvalue weighted by Crippen LogP contribution is 2.14. The number of aliphatic hydroxyl groups excluding tert-OH is 1. The van der Waals surface area contributed by atoms with E-state index in [9.17, 15) is 9.90 Å². The minimum atomic E-state index is -0.770. The summed E-state index contributed by atoms with van der Waals surface area (Å²) in [6.45, 7) is 4.15. The van der Waals surface area contributed by atoms with Crippen LogP contribution in [0.3, 0.4) is 0 Å². The Morgan fingerprint density at radius 2 is 2.31 bits per heavy atom. The lowest BCUT2D eigenvalue weighted by atomic mass is 10.2. The summed E-state index contributed by atoms with van der Waals surface area (Å²) in [6.07, 6.45) is -0.770. The van der Waals surface area contributed by atoms with Gasteiger partial charge in [0.25, 0.3) is 0 Å². The summed E-state index contributed by atoms with van der Waals surface area (Å²) in [4.78, 5) is 13.7. The molecule has 0 spiro atoms. The molecule has 1 heterocycles. The molecule has 0 aromatic carbocycles. The number of hydrogen-bond acceptors (Lipinski definition) is 5. The Labute approximate surface area is 99.2 Å². The first kappa shape index (κ1) is 13.2. The molecule has 1 aromatic heterocycles. The summed E-state index contributed by atoms with van der Waals surface area (Å²) >= 11 is 1.66. The predicted molar refractivity (Wildman–Crippen MR) is 63.4 cm³/mol. The van der Waals surface area contributed by atoms with E-state index in [-0.39, 0.29) is 0 Å². The lowest BCUT2D eigenvalue weighted by molar-refractivity contribution is -0.145. The van der Waals surface area contributed by atoms with Crippen LogP contribution in [0.2, 0.25) is 0 Å². The first-order chi connectivity index (χ1) is 7.54. The topological polar surface area (TPSA) is 58.6 Å². The van der Waals surface area contributed by atoms with Crippen LogP contribution in [-0.2, 0) is 16.1 Å². The summed E-state index contributed by atoms with van der Waals surface area (Å²) in [5, 5.41) is 12.4. The standard InChI is InChI=1S/C11H17NO3S/c1-7-4-5-9(16-7)6-12-10(8(2)13)11(14)15-3/h4-5,8,10,12-13H,6H2,1-3H3/t8-,10+/m0/s1. The van der Waals surface area contributed by atoms with Crippen LogP contribution in [0.25, 0.3) is 0 Å². The Kier molecular flexibility index (Phi) is 4.92. The third kappa shape index (κ3) is 3.59. The van der Waals surface area contributed by atoms with Crippen LogP contribution in [-0.4, -0.2) is 30.3 Å². The third-order valence-corrected chi connectivity index (χ3v) is 3.23. The van der Waals surface area contributed by atoms with Crippen molar-refractivity contribution in [3.05, 3.63) is 21.9 Å². The molecule has 16 heavy (non-hydrogen) atoms. The van der Waals surface area contributed by atoms with Crippen molar-refractivity contribution < 1.29 is 14.6 Å². The van der Waals surface area contributed by atoms with Crippen LogP contribution in [0.5, 0.6) is 0 Å². The van der Waals surface area contributed by atoms with E-state index in [4.69, 9.17) is 0 Å². The Balaban J connectivity index is 2.53. The molecular weight excluding hydrogens is 226 g/mol. The van der Waals surface area contributed by atoms with E-state index in [0.29, 0.717) is 6.54 Å². The van der Waals surface area contributed by atoms with Crippen molar-refractivity contribution in [2.45, 2.75) is 32.5 Å². The maximum Gasteiger partial charge on any atom is 0.325 e. The summed E-state index contributed by atoms with van der Waals surface area (Å²) in [7, 11) is 1.31. The fourth-order valence-electron chi connectivity index (χ4n) is 1.37. The van der Waals surface area contributed by atoms with Gasteiger partial charge in [0, 0.05) is 16.3 Å². The SMILES string of the molecule is COC(=O)[C@H](NCc1ccc(C)s1)[C@H](C)O. The number of carbonyl (C=O) groups excluding carboxylic acids is 1. The van der Waals surface area contributed by atoms with Gasteiger partial charge >= 0.3 is 5.97 Å². The van der Waals surface area contributed by atoms with E-state index >= 15 is 0 Å². The van der Waals surface area contributed by atoms with Crippen LogP contribution in [0.4, 0.5) is 0 Å². The molecule has 0 amide bonds. The molecule has 0 saturated heterocycles. The summed E-state index contributed by atoms with van der Waals surface area (Å²) in [6, 6.07) is 3.35. The first-order valence-electron chi connectivity index (χ1n) is 5.09. The second kappa shape index (κ2) is 5.98. The number of ether oxygens (including phenoxy) is 1. The summed E-state index contributed by atoms with van der Waals surface area (Å²) in [5.74, 6) is -0.441. The highest BCUT2D eigenvalue weighted by atomic mass is 32.1. The second-order valence-corrected chi connectivity index (χ2v) is 5.01. The molecule has 0 aliphatic heterocycles. The molecule has 0 saturated carbocycles. The van der Waals surface area contributed by atoms with Gasteiger partial charge in [-0.05, 0) is 26.0 Å². The van der Waals surface area contributed by atoms with Crippen molar-refractivity contribution in [2.75, 3.05) is 7.11 Å². The Morgan fingerprint density at radius 1 is 1.62 bits per heavy atom. The normalized spacial score (nSPS) is 14.5. The molecule has 4 nitrogen and oxygen atoms in total. The van der Waals surface area contributed by atoms with Crippen LogP contribution in [0.15, 0.2) is 12.1 Å². The van der Waals surface area contributed by atoms with E-state index in [2.05, 4.69) is 10.1 Å². The lowest BCUT2D eigenvalue weighted by Gasteiger charge is -2.18. The van der Waals surface area contributed by atoms with Gasteiger partial charge in [0.05, 0.1) is 13.2 Å². The van der Waals surface area contributed by atoms with E-state index in [0.717, 1.165) is 4.88 Å². The Morgan fingerprint density at radius 3 is 2.75 bits per heavy atom. The number of thiophene rings is 1. The third-order valence-electron chi connectivity index (χ3n) is 2.23.